The van der Waals surface area contributed by atoms with Gasteiger partial charge in [-0.15, -0.1) is 0 Å². The first-order valence-corrected chi connectivity index (χ1v) is 10.8. The summed E-state index contributed by atoms with van der Waals surface area (Å²) in [5, 5.41) is 0. The van der Waals surface area contributed by atoms with E-state index in [-0.39, 0.29) is 5.91 Å². The Balaban J connectivity index is 1.72. The Hall–Kier alpha value is -3.03. The number of aromatic nitrogens is 2. The molecule has 1 saturated heterocycles. The molecule has 0 unspecified atom stereocenters. The van der Waals surface area contributed by atoms with Crippen molar-refractivity contribution >= 4 is 11.9 Å². The van der Waals surface area contributed by atoms with Crippen molar-refractivity contribution in [3.05, 3.63) is 24.4 Å². The lowest BCUT2D eigenvalue weighted by Crippen LogP contribution is -2.49. The molecule has 0 spiro atoms. The molecule has 0 radical (unpaired) electrons. The van der Waals surface area contributed by atoms with Crippen molar-refractivity contribution in [2.75, 3.05) is 52.4 Å². The van der Waals surface area contributed by atoms with E-state index in [9.17, 15) is 4.79 Å². The normalized spacial score (nSPS) is 13.8. The minimum Gasteiger partial charge on any atom is -0.493 e. The number of carbonyl (C=O) groups excluding carboxylic acids is 1. The van der Waals surface area contributed by atoms with Gasteiger partial charge in [-0.3, -0.25) is 4.79 Å². The highest BCUT2D eigenvalue weighted by atomic mass is 16.5. The number of unbranched alkanes of at least 4 members (excludes halogenated alkanes) is 2. The van der Waals surface area contributed by atoms with Crippen LogP contribution in [0.5, 0.6) is 17.2 Å². The Morgan fingerprint density at radius 1 is 1.00 bits per heavy atom. The summed E-state index contributed by atoms with van der Waals surface area (Å²) in [5.41, 5.74) is 1.62. The summed E-state index contributed by atoms with van der Waals surface area (Å²) in [6.07, 6.45) is 5.59. The Morgan fingerprint density at radius 3 is 2.26 bits per heavy atom. The zero-order chi connectivity index (χ0) is 22.2. The molecule has 1 aromatic heterocycles. The Labute approximate surface area is 184 Å². The van der Waals surface area contributed by atoms with Gasteiger partial charge in [-0.05, 0) is 24.6 Å². The Kier molecular flexibility index (Phi) is 7.92. The standard InChI is InChI=1S/C23H32N4O4/c1-5-6-7-8-21(28)26-11-13-27(14-12-26)23-24-10-9-18(25-23)17-15-19(29-2)22(31-4)20(16-17)30-3/h9-10,15-16H,5-8,11-14H2,1-4H3. The first kappa shape index (κ1) is 22.7. The third-order valence-corrected chi connectivity index (χ3v) is 5.51. The number of piperazine rings is 1. The SMILES string of the molecule is CCCCCC(=O)N1CCN(c2nccc(-c3cc(OC)c(OC)c(OC)c3)n2)CC1. The van der Waals surface area contributed by atoms with E-state index in [0.29, 0.717) is 42.7 Å². The Bertz CT molecular complexity index is 857. The highest BCUT2D eigenvalue weighted by Crippen LogP contribution is 2.40. The molecule has 0 saturated carbocycles. The van der Waals surface area contributed by atoms with Crippen LogP contribution in [0.4, 0.5) is 5.95 Å². The molecule has 8 nitrogen and oxygen atoms in total. The lowest BCUT2D eigenvalue weighted by atomic mass is 10.1. The fourth-order valence-electron chi connectivity index (χ4n) is 3.73. The van der Waals surface area contributed by atoms with Gasteiger partial charge in [0.15, 0.2) is 11.5 Å². The molecule has 2 aromatic rings. The molecule has 0 aliphatic carbocycles. The van der Waals surface area contributed by atoms with Gasteiger partial charge in [0.05, 0.1) is 27.0 Å². The van der Waals surface area contributed by atoms with Crippen molar-refractivity contribution < 1.29 is 19.0 Å². The monoisotopic (exact) mass is 428 g/mol. The van der Waals surface area contributed by atoms with Gasteiger partial charge in [0.1, 0.15) is 0 Å². The van der Waals surface area contributed by atoms with E-state index in [4.69, 9.17) is 19.2 Å². The van der Waals surface area contributed by atoms with Gasteiger partial charge in [0, 0.05) is 44.4 Å². The van der Waals surface area contributed by atoms with Crippen LogP contribution in [0.15, 0.2) is 24.4 Å². The third kappa shape index (κ3) is 5.37. The van der Waals surface area contributed by atoms with Gasteiger partial charge >= 0.3 is 0 Å². The van der Waals surface area contributed by atoms with Crippen molar-refractivity contribution in [1.82, 2.24) is 14.9 Å². The zero-order valence-corrected chi connectivity index (χ0v) is 18.9. The molecule has 1 aliphatic heterocycles. The molecule has 8 heteroatoms. The third-order valence-electron chi connectivity index (χ3n) is 5.51. The molecule has 0 atom stereocenters. The number of methoxy groups -OCH3 is 3. The number of carbonyl (C=O) groups is 1. The van der Waals surface area contributed by atoms with Gasteiger partial charge in [0.2, 0.25) is 17.6 Å². The predicted molar refractivity (Wildman–Crippen MR) is 120 cm³/mol. The fraction of sp³-hybridized carbons (Fsp3) is 0.522. The van der Waals surface area contributed by atoms with Gasteiger partial charge in [-0.2, -0.15) is 0 Å². The van der Waals surface area contributed by atoms with Crippen molar-refractivity contribution in [1.29, 1.82) is 0 Å². The van der Waals surface area contributed by atoms with Crippen molar-refractivity contribution in [2.24, 2.45) is 0 Å². The molecule has 168 valence electrons. The quantitative estimate of drug-likeness (QED) is 0.567. The molecule has 1 aromatic carbocycles. The number of nitrogens with zero attached hydrogens (tertiary/aromatic N) is 4. The summed E-state index contributed by atoms with van der Waals surface area (Å²) in [6, 6.07) is 5.61. The second kappa shape index (κ2) is 10.8. The van der Waals surface area contributed by atoms with E-state index >= 15 is 0 Å². The number of hydrogen-bond donors (Lipinski definition) is 0. The second-order valence-corrected chi connectivity index (χ2v) is 7.48. The van der Waals surface area contributed by atoms with Crippen LogP contribution in [-0.4, -0.2) is 68.3 Å². The van der Waals surface area contributed by atoms with Gasteiger partial charge in [0.25, 0.3) is 0 Å². The molecule has 31 heavy (non-hydrogen) atoms. The number of benzene rings is 1. The van der Waals surface area contributed by atoms with Gasteiger partial charge in [-0.25, -0.2) is 9.97 Å². The second-order valence-electron chi connectivity index (χ2n) is 7.48. The van der Waals surface area contributed by atoms with Crippen LogP contribution in [0.3, 0.4) is 0 Å². The Morgan fingerprint density at radius 2 is 1.68 bits per heavy atom. The van der Waals surface area contributed by atoms with Crippen LogP contribution in [0, 0.1) is 0 Å². The topological polar surface area (TPSA) is 77.0 Å². The minimum absolute atomic E-state index is 0.250. The summed E-state index contributed by atoms with van der Waals surface area (Å²) in [4.78, 5) is 25.7. The lowest BCUT2D eigenvalue weighted by molar-refractivity contribution is -0.131. The maximum atomic E-state index is 12.4. The molecular formula is C23H32N4O4. The molecule has 1 fully saturated rings. The molecule has 0 bridgehead atoms. The minimum atomic E-state index is 0.250. The van der Waals surface area contributed by atoms with Crippen LogP contribution in [0.25, 0.3) is 11.3 Å². The highest BCUT2D eigenvalue weighted by molar-refractivity contribution is 5.76. The van der Waals surface area contributed by atoms with Crippen LogP contribution in [0.1, 0.15) is 32.6 Å². The largest absolute Gasteiger partial charge is 0.493 e. The molecule has 3 rings (SSSR count). The number of ether oxygens (including phenoxy) is 3. The van der Waals surface area contributed by atoms with Crippen LogP contribution >= 0.6 is 0 Å². The van der Waals surface area contributed by atoms with Crippen LogP contribution in [-0.2, 0) is 4.79 Å². The van der Waals surface area contributed by atoms with E-state index in [1.165, 1.54) is 0 Å². The maximum absolute atomic E-state index is 12.4. The number of hydrogen-bond acceptors (Lipinski definition) is 7. The number of anilines is 1. The average Bonchev–Trinajstić information content (AvgIpc) is 2.83. The number of rotatable bonds is 9. The van der Waals surface area contributed by atoms with Crippen molar-refractivity contribution in [3.63, 3.8) is 0 Å². The summed E-state index contributed by atoms with van der Waals surface area (Å²) in [6.45, 7) is 4.98. The molecule has 1 amide bonds. The van der Waals surface area contributed by atoms with Gasteiger partial charge < -0.3 is 24.0 Å². The van der Waals surface area contributed by atoms with E-state index in [1.54, 1.807) is 27.5 Å². The van der Waals surface area contributed by atoms with E-state index in [0.717, 1.165) is 43.6 Å². The summed E-state index contributed by atoms with van der Waals surface area (Å²) in [5.74, 6) is 2.60. The summed E-state index contributed by atoms with van der Waals surface area (Å²) < 4.78 is 16.3. The van der Waals surface area contributed by atoms with Crippen LogP contribution in [0.2, 0.25) is 0 Å². The number of amides is 1. The summed E-state index contributed by atoms with van der Waals surface area (Å²) >= 11 is 0. The predicted octanol–water partition coefficient (Wildman–Crippen LogP) is 3.40. The first-order chi connectivity index (χ1) is 15.1. The van der Waals surface area contributed by atoms with Crippen LogP contribution < -0.4 is 19.1 Å². The van der Waals surface area contributed by atoms with Gasteiger partial charge in [-0.1, -0.05) is 19.8 Å². The lowest BCUT2D eigenvalue weighted by Gasteiger charge is -2.35. The zero-order valence-electron chi connectivity index (χ0n) is 18.9. The molecule has 0 N–H and O–H groups in total. The van der Waals surface area contributed by atoms with Crippen molar-refractivity contribution in [3.8, 4) is 28.5 Å². The fourth-order valence-corrected chi connectivity index (χ4v) is 3.73. The average molecular weight is 429 g/mol. The first-order valence-electron chi connectivity index (χ1n) is 10.8. The highest BCUT2D eigenvalue weighted by Gasteiger charge is 2.23. The maximum Gasteiger partial charge on any atom is 0.225 e. The molecular weight excluding hydrogens is 396 g/mol. The van der Waals surface area contributed by atoms with E-state index in [2.05, 4.69) is 16.8 Å². The summed E-state index contributed by atoms with van der Waals surface area (Å²) in [7, 11) is 4.77. The van der Waals surface area contributed by atoms with E-state index < -0.39 is 0 Å². The van der Waals surface area contributed by atoms with E-state index in [1.807, 2.05) is 23.1 Å². The van der Waals surface area contributed by atoms with Crippen molar-refractivity contribution in [2.45, 2.75) is 32.6 Å². The molecule has 1 aliphatic rings. The smallest absolute Gasteiger partial charge is 0.225 e. The molecule has 2 heterocycles.